The summed E-state index contributed by atoms with van der Waals surface area (Å²) in [6, 6.07) is 7.70. The van der Waals surface area contributed by atoms with Gasteiger partial charge < -0.3 is 28.2 Å². The van der Waals surface area contributed by atoms with Gasteiger partial charge >= 0.3 is 0 Å². The summed E-state index contributed by atoms with van der Waals surface area (Å²) in [6.45, 7) is 7.56. The number of ether oxygens (including phenoxy) is 5. The maximum atomic E-state index is 15.4. The summed E-state index contributed by atoms with van der Waals surface area (Å²) in [7, 11) is -4.32. The van der Waals surface area contributed by atoms with Crippen molar-refractivity contribution in [3.63, 3.8) is 0 Å². The van der Waals surface area contributed by atoms with E-state index in [1.54, 1.807) is 6.92 Å². The smallest absolute Gasteiger partial charge is 0.270 e. The van der Waals surface area contributed by atoms with Crippen LogP contribution in [-0.4, -0.2) is 68.3 Å². The van der Waals surface area contributed by atoms with Crippen molar-refractivity contribution in [3.8, 4) is 11.5 Å². The van der Waals surface area contributed by atoms with Crippen molar-refractivity contribution in [2.45, 2.75) is 149 Å². The third-order valence-corrected chi connectivity index (χ3v) is 12.6. The van der Waals surface area contributed by atoms with E-state index in [0.29, 0.717) is 39.3 Å². The maximum Gasteiger partial charge on any atom is 0.270 e. The molecule has 0 aliphatic carbocycles. The molecule has 0 spiro atoms. The Labute approximate surface area is 334 Å². The normalized spacial score (nSPS) is 18.1. The van der Waals surface area contributed by atoms with Gasteiger partial charge in [0.15, 0.2) is 0 Å². The molecule has 0 unspecified atom stereocenters. The third kappa shape index (κ3) is 16.8. The first-order valence-corrected chi connectivity index (χ1v) is 22.7. The molecule has 2 aromatic rings. The van der Waals surface area contributed by atoms with Gasteiger partial charge in [0.1, 0.15) is 24.7 Å². The van der Waals surface area contributed by atoms with E-state index in [9.17, 15) is 20.2 Å². The van der Waals surface area contributed by atoms with E-state index >= 15 is 4.57 Å². The predicted octanol–water partition coefficient (Wildman–Crippen LogP) is 10.4. The topological polar surface area (TPSA) is 159 Å². The Balaban J connectivity index is 1.94. The van der Waals surface area contributed by atoms with Gasteiger partial charge in [-0.25, -0.2) is 0 Å². The Morgan fingerprint density at radius 2 is 1.00 bits per heavy atom. The van der Waals surface area contributed by atoms with Gasteiger partial charge in [0.25, 0.3) is 18.7 Å². The van der Waals surface area contributed by atoms with E-state index in [4.69, 9.17) is 28.2 Å². The van der Waals surface area contributed by atoms with E-state index < -0.39 is 17.2 Å². The molecular weight excluding hydrogens is 739 g/mol. The highest BCUT2D eigenvalue weighted by molar-refractivity contribution is 7.74. The Bertz CT molecular complexity index is 1370. The van der Waals surface area contributed by atoms with E-state index in [-0.39, 0.29) is 65.5 Å². The van der Waals surface area contributed by atoms with E-state index in [1.165, 1.54) is 101 Å². The van der Waals surface area contributed by atoms with Crippen molar-refractivity contribution >= 4 is 29.4 Å². The Morgan fingerprint density at radius 1 is 0.607 bits per heavy atom. The van der Waals surface area contributed by atoms with Crippen LogP contribution in [0.2, 0.25) is 0 Å². The lowest BCUT2D eigenvalue weighted by Crippen LogP contribution is -2.29. The van der Waals surface area contributed by atoms with Crippen LogP contribution in [-0.2, 0) is 23.3 Å². The summed E-state index contributed by atoms with van der Waals surface area (Å²) in [5, 5.41) is 23.9. The third-order valence-electron chi connectivity index (χ3n) is 10.0. The molecule has 2 atom stereocenters. The van der Waals surface area contributed by atoms with Crippen LogP contribution in [0.4, 0.5) is 11.4 Å². The molecule has 0 amide bonds. The minimum atomic E-state index is -4.32. The number of unbranched alkanes of at least 4 members (excludes halogenated alkanes) is 14. The van der Waals surface area contributed by atoms with Crippen molar-refractivity contribution in [2.24, 2.45) is 0 Å². The molecule has 1 heterocycles. The summed E-state index contributed by atoms with van der Waals surface area (Å²) >= 11 is 0. The molecule has 0 radical (unpaired) electrons. The summed E-state index contributed by atoms with van der Waals surface area (Å²) < 4.78 is 52.4. The number of fused-ring (bicyclic) bond motifs is 2. The average Bonchev–Trinajstić information content (AvgIpc) is 3.19. The average molecular weight is 807 g/mol. The number of nitro groups is 2. The lowest BCUT2D eigenvalue weighted by Gasteiger charge is -2.26. The van der Waals surface area contributed by atoms with Gasteiger partial charge in [-0.2, -0.15) is 0 Å². The van der Waals surface area contributed by atoms with Crippen molar-refractivity contribution < 1.29 is 42.6 Å². The van der Waals surface area contributed by atoms with Gasteiger partial charge in [0.05, 0.1) is 65.7 Å². The van der Waals surface area contributed by atoms with Crippen molar-refractivity contribution in [3.05, 3.63) is 56.6 Å². The molecule has 1 aliphatic rings. The molecule has 1 aliphatic heterocycles. The zero-order valence-corrected chi connectivity index (χ0v) is 35.0. The first kappa shape index (κ1) is 47.3. The molecule has 14 heteroatoms. The van der Waals surface area contributed by atoms with Crippen LogP contribution in [0.3, 0.4) is 0 Å². The molecule has 0 N–H and O–H groups in total. The zero-order chi connectivity index (χ0) is 40.4. The minimum absolute atomic E-state index is 0.0596. The fraction of sp³-hybridized carbons (Fsp3) is 0.714. The molecule has 316 valence electrons. The van der Waals surface area contributed by atoms with Crippen LogP contribution < -0.4 is 20.1 Å². The van der Waals surface area contributed by atoms with E-state index in [0.717, 1.165) is 38.5 Å². The molecule has 13 nitrogen and oxygen atoms in total. The number of hydrogen-bond acceptors (Lipinski definition) is 11. The molecule has 56 heavy (non-hydrogen) atoms. The van der Waals surface area contributed by atoms with Gasteiger partial charge in [0.2, 0.25) is 0 Å². The number of hydrogen-bond donors (Lipinski definition) is 0. The number of rotatable bonds is 22. The first-order chi connectivity index (χ1) is 27.2. The molecule has 2 aromatic carbocycles. The van der Waals surface area contributed by atoms with Crippen molar-refractivity contribution in [1.82, 2.24) is 0 Å². The predicted molar refractivity (Wildman–Crippen MR) is 220 cm³/mol. The van der Waals surface area contributed by atoms with Crippen LogP contribution in [0, 0.1) is 20.2 Å². The standard InChI is InChI=1S/C42H67N2O11P/c1-4-7-9-11-13-15-17-19-21-37-33-53-39-25-23-35(43(45)46)31-41(39)56(49,55-6-3)42-32-36(44(47)48)24-26-40(42)54-34-38(52-30-28-50-27-29-51-37)22-20-18-16-14-12-10-8-5-2/h23-26,31-32,37-38H,4-22,27-30,33-34H2,1-3H3/t37-,38-/m0/s1. The fourth-order valence-electron chi connectivity index (χ4n) is 6.85. The Hall–Kier alpha value is -3.09. The molecule has 3 rings (SSSR count). The summed E-state index contributed by atoms with van der Waals surface area (Å²) in [4.78, 5) is 22.9. The molecule has 0 fully saturated rings. The quantitative estimate of drug-likeness (QED) is 0.0482. The molecule has 0 aromatic heterocycles. The highest BCUT2D eigenvalue weighted by Crippen LogP contribution is 2.51. The molecular formula is C42H67N2O11P. The second-order valence-corrected chi connectivity index (χ2v) is 16.9. The Kier molecular flexibility index (Phi) is 23.2. The maximum absolute atomic E-state index is 15.4. The number of non-ortho nitro benzene ring substituents is 2. The van der Waals surface area contributed by atoms with Crippen LogP contribution in [0.1, 0.15) is 136 Å². The van der Waals surface area contributed by atoms with Crippen LogP contribution in [0.15, 0.2) is 36.4 Å². The second kappa shape index (κ2) is 27.5. The fourth-order valence-corrected chi connectivity index (χ4v) is 9.21. The van der Waals surface area contributed by atoms with Gasteiger partial charge in [-0.05, 0) is 31.9 Å². The largest absolute Gasteiger partial charge is 0.490 e. The highest BCUT2D eigenvalue weighted by atomic mass is 31.2. The van der Waals surface area contributed by atoms with Crippen LogP contribution >= 0.6 is 7.37 Å². The van der Waals surface area contributed by atoms with Gasteiger partial charge in [-0.1, -0.05) is 117 Å². The second-order valence-electron chi connectivity index (χ2n) is 14.5. The van der Waals surface area contributed by atoms with Crippen molar-refractivity contribution in [1.29, 1.82) is 0 Å². The lowest BCUT2D eigenvalue weighted by atomic mass is 10.1. The molecule has 0 saturated carbocycles. The monoisotopic (exact) mass is 806 g/mol. The summed E-state index contributed by atoms with van der Waals surface area (Å²) in [5.74, 6) is 0.199. The van der Waals surface area contributed by atoms with E-state index in [2.05, 4.69) is 13.8 Å². The van der Waals surface area contributed by atoms with Gasteiger partial charge in [-0.15, -0.1) is 0 Å². The lowest BCUT2D eigenvalue weighted by molar-refractivity contribution is -0.384. The number of nitrogens with zero attached hydrogens (tertiary/aromatic N) is 2. The zero-order valence-electron chi connectivity index (χ0n) is 34.1. The van der Waals surface area contributed by atoms with E-state index in [1.807, 2.05) is 0 Å². The first-order valence-electron chi connectivity index (χ1n) is 21.1. The summed E-state index contributed by atoms with van der Waals surface area (Å²) in [6.07, 6.45) is 19.3. The molecule has 0 saturated heterocycles. The Morgan fingerprint density at radius 3 is 1.38 bits per heavy atom. The van der Waals surface area contributed by atoms with Gasteiger partial charge in [-0.3, -0.25) is 24.8 Å². The highest BCUT2D eigenvalue weighted by Gasteiger charge is 2.38. The van der Waals surface area contributed by atoms with Gasteiger partial charge in [0, 0.05) is 24.3 Å². The minimum Gasteiger partial charge on any atom is -0.490 e. The SMILES string of the molecule is CCCCCCCCCC[C@H]1COc2ccc([N+](=O)[O-])cc2P(=O)(OCC)c2cc([N+](=O)[O-])ccc2OC[C@H](CCCCCCCCCC)OCCOCCO1. The number of nitro benzene ring substituents is 2. The molecule has 0 bridgehead atoms. The van der Waals surface area contributed by atoms with Crippen LogP contribution in [0.25, 0.3) is 0 Å². The van der Waals surface area contributed by atoms with Crippen molar-refractivity contribution in [2.75, 3.05) is 46.2 Å². The summed E-state index contributed by atoms with van der Waals surface area (Å²) in [5.41, 5.74) is -0.657. The van der Waals surface area contributed by atoms with Crippen LogP contribution in [0.5, 0.6) is 11.5 Å². The number of benzene rings is 2.